The van der Waals surface area contributed by atoms with Crippen molar-refractivity contribution in [2.75, 3.05) is 6.61 Å². The van der Waals surface area contributed by atoms with E-state index in [0.717, 1.165) is 12.2 Å². The number of carbonyl (C=O) groups is 1. The quantitative estimate of drug-likeness (QED) is 0.912. The highest BCUT2D eigenvalue weighted by atomic mass is 16.5. The van der Waals surface area contributed by atoms with Gasteiger partial charge in [-0.3, -0.25) is 9.48 Å². The van der Waals surface area contributed by atoms with Gasteiger partial charge in [-0.2, -0.15) is 0 Å². The lowest BCUT2D eigenvalue weighted by molar-refractivity contribution is -0.136. The number of para-hydroxylation sites is 1. The number of hydrogen-bond donors (Lipinski definition) is 1. The Kier molecular flexibility index (Phi) is 3.37. The van der Waals surface area contributed by atoms with Gasteiger partial charge in [0.2, 0.25) is 0 Å². The molecule has 6 heteroatoms. The van der Waals surface area contributed by atoms with Crippen LogP contribution in [0.25, 0.3) is 0 Å². The Labute approximate surface area is 116 Å². The minimum absolute atomic E-state index is 0.0929. The maximum absolute atomic E-state index is 10.6. The van der Waals surface area contributed by atoms with E-state index >= 15 is 0 Å². The fourth-order valence-electron chi connectivity index (χ4n) is 2.50. The van der Waals surface area contributed by atoms with E-state index in [1.807, 2.05) is 18.2 Å². The summed E-state index contributed by atoms with van der Waals surface area (Å²) >= 11 is 0. The zero-order valence-corrected chi connectivity index (χ0v) is 10.9. The van der Waals surface area contributed by atoms with E-state index in [4.69, 9.17) is 9.84 Å². The van der Waals surface area contributed by atoms with Crippen LogP contribution in [0.15, 0.2) is 30.5 Å². The third-order valence-electron chi connectivity index (χ3n) is 3.41. The number of benzene rings is 1. The number of hydrogen-bond acceptors (Lipinski definition) is 4. The van der Waals surface area contributed by atoms with Crippen molar-refractivity contribution in [3.8, 4) is 5.75 Å². The summed E-state index contributed by atoms with van der Waals surface area (Å²) in [5.41, 5.74) is 1.66. The van der Waals surface area contributed by atoms with Gasteiger partial charge < -0.3 is 9.84 Å². The number of nitrogens with zero attached hydrogens (tertiary/aromatic N) is 3. The Morgan fingerprint density at radius 2 is 2.30 bits per heavy atom. The van der Waals surface area contributed by atoms with E-state index in [-0.39, 0.29) is 6.42 Å². The Morgan fingerprint density at radius 1 is 1.45 bits per heavy atom. The Balaban J connectivity index is 1.75. The van der Waals surface area contributed by atoms with Crippen molar-refractivity contribution in [1.29, 1.82) is 0 Å². The van der Waals surface area contributed by atoms with Gasteiger partial charge in [-0.25, -0.2) is 0 Å². The van der Waals surface area contributed by atoms with Crippen molar-refractivity contribution in [2.45, 2.75) is 25.3 Å². The Hall–Kier alpha value is -2.37. The average Bonchev–Trinajstić information content (AvgIpc) is 2.86. The molecule has 0 fully saturated rings. The van der Waals surface area contributed by atoms with E-state index in [2.05, 4.69) is 16.4 Å². The first-order valence-corrected chi connectivity index (χ1v) is 6.55. The van der Waals surface area contributed by atoms with Crippen LogP contribution in [-0.4, -0.2) is 32.7 Å². The summed E-state index contributed by atoms with van der Waals surface area (Å²) in [6.45, 7) is 1.38. The zero-order chi connectivity index (χ0) is 13.9. The normalized spacial score (nSPS) is 17.3. The number of fused-ring (bicyclic) bond motifs is 1. The monoisotopic (exact) mass is 273 g/mol. The van der Waals surface area contributed by atoms with Crippen molar-refractivity contribution in [3.63, 3.8) is 0 Å². The number of aromatic nitrogens is 3. The second kappa shape index (κ2) is 5.32. The van der Waals surface area contributed by atoms with Crippen LogP contribution in [0.1, 0.15) is 23.6 Å². The minimum Gasteiger partial charge on any atom is -0.493 e. The van der Waals surface area contributed by atoms with Gasteiger partial charge in [0.05, 0.1) is 18.7 Å². The molecule has 0 saturated carbocycles. The molecule has 3 rings (SSSR count). The molecule has 0 aliphatic carbocycles. The van der Waals surface area contributed by atoms with Crippen LogP contribution in [0.3, 0.4) is 0 Å². The van der Waals surface area contributed by atoms with E-state index in [1.54, 1.807) is 10.9 Å². The van der Waals surface area contributed by atoms with Gasteiger partial charge in [0, 0.05) is 18.7 Å². The molecular weight excluding hydrogens is 258 g/mol. The summed E-state index contributed by atoms with van der Waals surface area (Å²) in [6.07, 6.45) is 2.53. The molecule has 1 unspecified atom stereocenters. The predicted octanol–water partition coefficient (Wildman–Crippen LogP) is 1.47. The highest BCUT2D eigenvalue weighted by Gasteiger charge is 2.22. The highest BCUT2D eigenvalue weighted by molar-refractivity contribution is 5.69. The summed E-state index contributed by atoms with van der Waals surface area (Å²) < 4.78 is 7.34. The third-order valence-corrected chi connectivity index (χ3v) is 3.41. The number of carboxylic acid groups (broad SMARTS) is 1. The lowest BCUT2D eigenvalue weighted by atomic mass is 9.93. The van der Waals surface area contributed by atoms with Crippen LogP contribution in [-0.2, 0) is 17.8 Å². The Morgan fingerprint density at radius 3 is 3.15 bits per heavy atom. The number of carboxylic acids is 1. The van der Waals surface area contributed by atoms with Crippen molar-refractivity contribution in [3.05, 3.63) is 41.7 Å². The molecule has 0 radical (unpaired) electrons. The van der Waals surface area contributed by atoms with Crippen molar-refractivity contribution >= 4 is 5.97 Å². The predicted molar refractivity (Wildman–Crippen MR) is 70.7 cm³/mol. The molecule has 0 bridgehead atoms. The van der Waals surface area contributed by atoms with E-state index in [0.29, 0.717) is 24.8 Å². The standard InChI is InChI=1S/C14H15N3O3/c18-14(19)7-11-9-17(16-15-11)8-10-5-6-20-13-4-2-1-3-12(10)13/h1-4,9-10H,5-8H2,(H,18,19). The molecule has 6 nitrogen and oxygen atoms in total. The van der Waals surface area contributed by atoms with Gasteiger partial charge in [-0.15, -0.1) is 5.10 Å². The zero-order valence-electron chi connectivity index (χ0n) is 10.9. The van der Waals surface area contributed by atoms with Gasteiger partial charge in [-0.1, -0.05) is 23.4 Å². The smallest absolute Gasteiger partial charge is 0.309 e. The first-order valence-electron chi connectivity index (χ1n) is 6.55. The van der Waals surface area contributed by atoms with Crippen molar-refractivity contribution in [1.82, 2.24) is 15.0 Å². The molecule has 1 aromatic carbocycles. The summed E-state index contributed by atoms with van der Waals surface area (Å²) in [6, 6.07) is 7.99. The molecule has 2 aromatic rings. The molecule has 20 heavy (non-hydrogen) atoms. The molecule has 1 aliphatic heterocycles. The van der Waals surface area contributed by atoms with Crippen molar-refractivity contribution < 1.29 is 14.6 Å². The molecule has 1 N–H and O–H groups in total. The van der Waals surface area contributed by atoms with Crippen LogP contribution >= 0.6 is 0 Å². The van der Waals surface area contributed by atoms with Crippen LogP contribution in [0.5, 0.6) is 5.75 Å². The van der Waals surface area contributed by atoms with Crippen molar-refractivity contribution in [2.24, 2.45) is 0 Å². The summed E-state index contributed by atoms with van der Waals surface area (Å²) in [4.78, 5) is 10.6. The Bertz CT molecular complexity index is 624. The van der Waals surface area contributed by atoms with Gasteiger partial charge >= 0.3 is 5.97 Å². The maximum Gasteiger partial charge on any atom is 0.309 e. The average molecular weight is 273 g/mol. The fraction of sp³-hybridized carbons (Fsp3) is 0.357. The fourth-order valence-corrected chi connectivity index (χ4v) is 2.50. The lowest BCUT2D eigenvalue weighted by Crippen LogP contribution is -2.18. The van der Waals surface area contributed by atoms with Gasteiger partial charge in [0.1, 0.15) is 5.75 Å². The molecule has 104 valence electrons. The molecular formula is C14H15N3O3. The molecule has 1 atom stereocenters. The molecule has 0 amide bonds. The summed E-state index contributed by atoms with van der Waals surface area (Å²) in [5, 5.41) is 16.6. The molecule has 1 aromatic heterocycles. The second-order valence-corrected chi connectivity index (χ2v) is 4.87. The molecule has 0 saturated heterocycles. The third kappa shape index (κ3) is 2.64. The summed E-state index contributed by atoms with van der Waals surface area (Å²) in [5.74, 6) is 0.349. The van der Waals surface area contributed by atoms with E-state index in [1.165, 1.54) is 5.56 Å². The second-order valence-electron chi connectivity index (χ2n) is 4.87. The largest absolute Gasteiger partial charge is 0.493 e. The van der Waals surface area contributed by atoms with Gasteiger partial charge in [-0.05, 0) is 18.1 Å². The van der Waals surface area contributed by atoms with Crippen LogP contribution in [0.4, 0.5) is 0 Å². The SMILES string of the molecule is O=C(O)Cc1cn(CC2CCOc3ccccc32)nn1. The lowest BCUT2D eigenvalue weighted by Gasteiger charge is -2.25. The molecule has 0 spiro atoms. The minimum atomic E-state index is -0.895. The topological polar surface area (TPSA) is 77.2 Å². The maximum atomic E-state index is 10.6. The molecule has 2 heterocycles. The van der Waals surface area contributed by atoms with Gasteiger partial charge in [0.25, 0.3) is 0 Å². The summed E-state index contributed by atoms with van der Waals surface area (Å²) in [7, 11) is 0. The number of ether oxygens (including phenoxy) is 1. The molecule has 1 aliphatic rings. The highest BCUT2D eigenvalue weighted by Crippen LogP contribution is 2.34. The van der Waals surface area contributed by atoms with E-state index < -0.39 is 5.97 Å². The van der Waals surface area contributed by atoms with Crippen LogP contribution in [0, 0.1) is 0 Å². The van der Waals surface area contributed by atoms with Crippen LogP contribution in [0.2, 0.25) is 0 Å². The van der Waals surface area contributed by atoms with E-state index in [9.17, 15) is 4.79 Å². The first-order chi connectivity index (χ1) is 9.72. The van der Waals surface area contributed by atoms with Gasteiger partial charge in [0.15, 0.2) is 0 Å². The number of aliphatic carboxylic acids is 1. The van der Waals surface area contributed by atoms with Crippen LogP contribution < -0.4 is 4.74 Å². The number of rotatable bonds is 4. The first kappa shape index (κ1) is 12.7.